The lowest BCUT2D eigenvalue weighted by molar-refractivity contribution is -0.141. The number of urea groups is 1. The molecule has 8 heteroatoms. The van der Waals surface area contributed by atoms with Crippen LogP contribution in [0.4, 0.5) is 4.79 Å². The number of benzene rings is 1. The summed E-state index contributed by atoms with van der Waals surface area (Å²) in [6.07, 6.45) is 6.20. The van der Waals surface area contributed by atoms with Crippen molar-refractivity contribution in [3.8, 4) is 5.75 Å². The molecule has 3 amide bonds. The summed E-state index contributed by atoms with van der Waals surface area (Å²) in [6, 6.07) is 5.15. The van der Waals surface area contributed by atoms with Crippen LogP contribution in [0.1, 0.15) is 50.5 Å². The SMILES string of the molecule is O=C(CCCNC(=O)NC1CCCCC1)N[C@@H](Cc1ccc(O)cc1)C(=O)O. The number of hydrogen-bond donors (Lipinski definition) is 5. The van der Waals surface area contributed by atoms with Crippen LogP contribution in [0, 0.1) is 0 Å². The van der Waals surface area contributed by atoms with Crippen molar-refractivity contribution in [1.82, 2.24) is 16.0 Å². The molecule has 0 heterocycles. The maximum atomic E-state index is 12.0. The minimum Gasteiger partial charge on any atom is -0.508 e. The largest absolute Gasteiger partial charge is 0.508 e. The molecule has 28 heavy (non-hydrogen) atoms. The number of carbonyl (C=O) groups excluding carboxylic acids is 2. The van der Waals surface area contributed by atoms with Crippen molar-refractivity contribution in [1.29, 1.82) is 0 Å². The third kappa shape index (κ3) is 7.85. The van der Waals surface area contributed by atoms with Gasteiger partial charge in [0.05, 0.1) is 0 Å². The van der Waals surface area contributed by atoms with Gasteiger partial charge in [-0.1, -0.05) is 31.4 Å². The number of nitrogens with one attached hydrogen (secondary N) is 3. The average molecular weight is 391 g/mol. The van der Waals surface area contributed by atoms with E-state index < -0.39 is 12.0 Å². The Morgan fingerprint density at radius 2 is 1.75 bits per heavy atom. The normalized spacial score (nSPS) is 15.4. The van der Waals surface area contributed by atoms with Crippen molar-refractivity contribution in [2.45, 2.75) is 63.5 Å². The second-order valence-electron chi connectivity index (χ2n) is 7.17. The second-order valence-corrected chi connectivity index (χ2v) is 7.17. The van der Waals surface area contributed by atoms with Crippen LogP contribution in [0.15, 0.2) is 24.3 Å². The number of carbonyl (C=O) groups is 3. The molecule has 8 nitrogen and oxygen atoms in total. The predicted molar refractivity (Wildman–Crippen MR) is 104 cm³/mol. The van der Waals surface area contributed by atoms with Gasteiger partial charge < -0.3 is 26.2 Å². The van der Waals surface area contributed by atoms with E-state index in [1.165, 1.54) is 18.6 Å². The Hall–Kier alpha value is -2.77. The van der Waals surface area contributed by atoms with E-state index in [-0.39, 0.29) is 36.6 Å². The quantitative estimate of drug-likeness (QED) is 0.411. The van der Waals surface area contributed by atoms with Gasteiger partial charge in [0.1, 0.15) is 11.8 Å². The third-order valence-electron chi connectivity index (χ3n) is 4.82. The Bertz CT molecular complexity index is 656. The van der Waals surface area contributed by atoms with Crippen molar-refractivity contribution in [2.75, 3.05) is 6.54 Å². The summed E-state index contributed by atoms with van der Waals surface area (Å²) in [6.45, 7) is 0.349. The first-order valence-corrected chi connectivity index (χ1v) is 9.78. The highest BCUT2D eigenvalue weighted by atomic mass is 16.4. The Labute approximate surface area is 164 Å². The van der Waals surface area contributed by atoms with Crippen LogP contribution >= 0.6 is 0 Å². The number of aromatic hydroxyl groups is 1. The van der Waals surface area contributed by atoms with E-state index in [0.29, 0.717) is 18.5 Å². The van der Waals surface area contributed by atoms with Crippen molar-refractivity contribution in [3.05, 3.63) is 29.8 Å². The summed E-state index contributed by atoms with van der Waals surface area (Å²) in [5.74, 6) is -1.40. The highest BCUT2D eigenvalue weighted by molar-refractivity contribution is 5.83. The van der Waals surface area contributed by atoms with E-state index in [1.54, 1.807) is 12.1 Å². The minimum atomic E-state index is -1.12. The number of amides is 3. The Morgan fingerprint density at radius 1 is 1.07 bits per heavy atom. The van der Waals surface area contributed by atoms with Gasteiger partial charge in [0.25, 0.3) is 0 Å². The minimum absolute atomic E-state index is 0.0969. The Kier molecular flexibility index (Phi) is 8.58. The molecule has 1 aliphatic carbocycles. The van der Waals surface area contributed by atoms with Gasteiger partial charge in [-0.05, 0) is 37.0 Å². The lowest BCUT2D eigenvalue weighted by Crippen LogP contribution is -2.44. The highest BCUT2D eigenvalue weighted by Crippen LogP contribution is 2.17. The van der Waals surface area contributed by atoms with Gasteiger partial charge in [-0.2, -0.15) is 0 Å². The lowest BCUT2D eigenvalue weighted by Gasteiger charge is -2.22. The fourth-order valence-electron chi connectivity index (χ4n) is 3.27. The molecule has 1 aromatic rings. The first-order chi connectivity index (χ1) is 13.4. The van der Waals surface area contributed by atoms with Crippen LogP contribution in [0.2, 0.25) is 0 Å². The number of rotatable bonds is 9. The Morgan fingerprint density at radius 3 is 2.39 bits per heavy atom. The molecule has 0 aromatic heterocycles. The smallest absolute Gasteiger partial charge is 0.326 e. The first-order valence-electron chi connectivity index (χ1n) is 9.78. The number of carboxylic acid groups (broad SMARTS) is 1. The standard InChI is InChI=1S/C20H29N3O5/c24-16-10-8-14(9-11-16)13-17(19(26)27)23-18(25)7-4-12-21-20(28)22-15-5-2-1-3-6-15/h8-11,15,17,24H,1-7,12-13H2,(H,23,25)(H,26,27)(H2,21,22,28)/t17-/m0/s1. The van der Waals surface area contributed by atoms with Crippen LogP contribution < -0.4 is 16.0 Å². The van der Waals surface area contributed by atoms with Crippen LogP contribution in [-0.4, -0.2) is 46.7 Å². The van der Waals surface area contributed by atoms with Gasteiger partial charge in [0, 0.05) is 25.4 Å². The fraction of sp³-hybridized carbons (Fsp3) is 0.550. The zero-order chi connectivity index (χ0) is 20.4. The molecule has 0 spiro atoms. The maximum absolute atomic E-state index is 12.0. The van der Waals surface area contributed by atoms with E-state index in [1.807, 2.05) is 0 Å². The molecular weight excluding hydrogens is 362 g/mol. The molecule has 1 atom stereocenters. The molecule has 0 aliphatic heterocycles. The highest BCUT2D eigenvalue weighted by Gasteiger charge is 2.20. The number of aliphatic carboxylic acids is 1. The molecule has 0 bridgehead atoms. The van der Waals surface area contributed by atoms with Gasteiger partial charge in [-0.3, -0.25) is 4.79 Å². The Balaban J connectivity index is 1.65. The molecule has 1 aliphatic rings. The summed E-state index contributed by atoms with van der Waals surface area (Å²) in [4.78, 5) is 35.2. The monoisotopic (exact) mass is 391 g/mol. The van der Waals surface area contributed by atoms with E-state index in [4.69, 9.17) is 0 Å². The van der Waals surface area contributed by atoms with Crippen LogP contribution in [0.3, 0.4) is 0 Å². The molecule has 0 radical (unpaired) electrons. The molecule has 0 saturated heterocycles. The fourth-order valence-corrected chi connectivity index (χ4v) is 3.27. The van der Waals surface area contributed by atoms with Crippen molar-refractivity contribution >= 4 is 17.9 Å². The van der Waals surface area contributed by atoms with Crippen LogP contribution in [0.5, 0.6) is 5.75 Å². The molecule has 154 valence electrons. The molecule has 2 rings (SSSR count). The number of phenolic OH excluding ortho intramolecular Hbond substituents is 1. The summed E-state index contributed by atoms with van der Waals surface area (Å²) < 4.78 is 0. The molecule has 0 unspecified atom stereocenters. The van der Waals surface area contributed by atoms with Gasteiger partial charge in [-0.15, -0.1) is 0 Å². The maximum Gasteiger partial charge on any atom is 0.326 e. The van der Waals surface area contributed by atoms with Gasteiger partial charge in [0.2, 0.25) is 5.91 Å². The zero-order valence-corrected chi connectivity index (χ0v) is 15.9. The molecule has 1 aromatic carbocycles. The zero-order valence-electron chi connectivity index (χ0n) is 15.9. The third-order valence-corrected chi connectivity index (χ3v) is 4.82. The number of carboxylic acids is 1. The summed E-state index contributed by atoms with van der Waals surface area (Å²) in [7, 11) is 0. The second kappa shape index (κ2) is 11.2. The number of phenols is 1. The van der Waals surface area contributed by atoms with Gasteiger partial charge >= 0.3 is 12.0 Å². The van der Waals surface area contributed by atoms with Crippen molar-refractivity contribution in [3.63, 3.8) is 0 Å². The van der Waals surface area contributed by atoms with Crippen LogP contribution in [0.25, 0.3) is 0 Å². The molecule has 1 fully saturated rings. The van der Waals surface area contributed by atoms with E-state index in [9.17, 15) is 24.6 Å². The van der Waals surface area contributed by atoms with Crippen molar-refractivity contribution < 1.29 is 24.6 Å². The molecule has 1 saturated carbocycles. The summed E-state index contributed by atoms with van der Waals surface area (Å²) >= 11 is 0. The summed E-state index contributed by atoms with van der Waals surface area (Å²) in [5, 5.41) is 26.8. The topological polar surface area (TPSA) is 128 Å². The first kappa shape index (κ1) is 21.5. The van der Waals surface area contributed by atoms with E-state index >= 15 is 0 Å². The molecule has 5 N–H and O–H groups in total. The van der Waals surface area contributed by atoms with Crippen molar-refractivity contribution in [2.24, 2.45) is 0 Å². The van der Waals surface area contributed by atoms with Gasteiger partial charge in [-0.25, -0.2) is 9.59 Å². The number of hydrogen-bond acceptors (Lipinski definition) is 4. The lowest BCUT2D eigenvalue weighted by atomic mass is 9.96. The predicted octanol–water partition coefficient (Wildman–Crippen LogP) is 1.92. The molecular formula is C20H29N3O5. The van der Waals surface area contributed by atoms with Crippen LogP contribution in [-0.2, 0) is 16.0 Å². The van der Waals surface area contributed by atoms with E-state index in [2.05, 4.69) is 16.0 Å². The summed E-state index contributed by atoms with van der Waals surface area (Å²) in [5.41, 5.74) is 0.701. The van der Waals surface area contributed by atoms with Gasteiger partial charge in [0.15, 0.2) is 0 Å². The van der Waals surface area contributed by atoms with E-state index in [0.717, 1.165) is 25.7 Å². The average Bonchev–Trinajstić information content (AvgIpc) is 2.67.